The van der Waals surface area contributed by atoms with Crippen LogP contribution in [0, 0.1) is 0 Å². The maximum absolute atomic E-state index is 13.0. The average molecular weight is 358 g/mol. The van der Waals surface area contributed by atoms with E-state index in [1.54, 1.807) is 12.1 Å². The van der Waals surface area contributed by atoms with Gasteiger partial charge in [0.25, 0.3) is 5.91 Å². The van der Waals surface area contributed by atoms with Crippen LogP contribution < -0.4 is 0 Å². The Kier molecular flexibility index (Phi) is 4.92. The van der Waals surface area contributed by atoms with Gasteiger partial charge in [-0.1, -0.05) is 36.4 Å². The number of benzene rings is 2. The van der Waals surface area contributed by atoms with Gasteiger partial charge < -0.3 is 4.90 Å². The second-order valence-corrected chi connectivity index (χ2v) is 8.53. The highest BCUT2D eigenvalue weighted by Crippen LogP contribution is 2.33. The first kappa shape index (κ1) is 17.6. The quantitative estimate of drug-likeness (QED) is 0.844. The van der Waals surface area contributed by atoms with Crippen molar-refractivity contribution in [2.75, 3.05) is 20.6 Å². The van der Waals surface area contributed by atoms with Gasteiger partial charge in [-0.15, -0.1) is 0 Å². The summed E-state index contributed by atoms with van der Waals surface area (Å²) in [5, 5.41) is 0. The Hall–Kier alpha value is -2.18. The van der Waals surface area contributed by atoms with Gasteiger partial charge in [0.05, 0.1) is 10.9 Å². The lowest BCUT2D eigenvalue weighted by Gasteiger charge is -2.25. The van der Waals surface area contributed by atoms with Crippen molar-refractivity contribution in [1.82, 2.24) is 9.21 Å². The van der Waals surface area contributed by atoms with Crippen LogP contribution in [0.15, 0.2) is 59.5 Å². The highest BCUT2D eigenvalue weighted by Gasteiger charge is 2.31. The number of carbonyl (C=O) groups excluding carboxylic acids is 1. The van der Waals surface area contributed by atoms with Crippen LogP contribution in [-0.4, -0.2) is 44.2 Å². The van der Waals surface area contributed by atoms with E-state index in [9.17, 15) is 13.2 Å². The van der Waals surface area contributed by atoms with Gasteiger partial charge in [0.15, 0.2) is 0 Å². The Balaban J connectivity index is 1.91. The summed E-state index contributed by atoms with van der Waals surface area (Å²) < 4.78 is 25.8. The molecule has 1 amide bonds. The summed E-state index contributed by atoms with van der Waals surface area (Å²) in [5.74, 6) is -0.123. The first-order valence-electron chi connectivity index (χ1n) is 8.30. The zero-order valence-corrected chi connectivity index (χ0v) is 15.2. The van der Waals surface area contributed by atoms with Crippen molar-refractivity contribution in [2.24, 2.45) is 0 Å². The van der Waals surface area contributed by atoms with E-state index in [0.29, 0.717) is 12.1 Å². The summed E-state index contributed by atoms with van der Waals surface area (Å²) in [4.78, 5) is 15.0. The van der Waals surface area contributed by atoms with Crippen molar-refractivity contribution in [3.05, 3.63) is 65.7 Å². The van der Waals surface area contributed by atoms with Crippen molar-refractivity contribution in [1.29, 1.82) is 0 Å². The molecule has 1 aliphatic heterocycles. The van der Waals surface area contributed by atoms with E-state index in [0.717, 1.165) is 22.7 Å². The molecule has 0 aromatic heterocycles. The standard InChI is InChI=1S/C19H22N2O3S/c1-20(2)25(23,24)17-11-6-10-16(14-17)19(22)21-13-7-12-18(21)15-8-4-3-5-9-15/h3-6,8-11,14,18H,7,12-13H2,1-2H3. The van der Waals surface area contributed by atoms with Gasteiger partial charge in [-0.05, 0) is 36.6 Å². The van der Waals surface area contributed by atoms with Crippen molar-refractivity contribution >= 4 is 15.9 Å². The van der Waals surface area contributed by atoms with E-state index in [1.165, 1.54) is 26.2 Å². The lowest BCUT2D eigenvalue weighted by atomic mass is 10.0. The third-order valence-corrected chi connectivity index (χ3v) is 6.37. The summed E-state index contributed by atoms with van der Waals surface area (Å²) in [5.41, 5.74) is 1.52. The molecule has 3 rings (SSSR count). The fourth-order valence-corrected chi connectivity index (χ4v) is 4.15. The molecule has 25 heavy (non-hydrogen) atoms. The molecule has 1 fully saturated rings. The van der Waals surface area contributed by atoms with E-state index in [-0.39, 0.29) is 16.8 Å². The average Bonchev–Trinajstić information content (AvgIpc) is 3.11. The van der Waals surface area contributed by atoms with Gasteiger partial charge in [-0.3, -0.25) is 4.79 Å². The molecule has 0 saturated carbocycles. The van der Waals surface area contributed by atoms with E-state index < -0.39 is 10.0 Å². The fourth-order valence-electron chi connectivity index (χ4n) is 3.20. The van der Waals surface area contributed by atoms with Crippen molar-refractivity contribution < 1.29 is 13.2 Å². The largest absolute Gasteiger partial charge is 0.332 e. The maximum Gasteiger partial charge on any atom is 0.254 e. The summed E-state index contributed by atoms with van der Waals surface area (Å²) >= 11 is 0. The SMILES string of the molecule is CN(C)S(=O)(=O)c1cccc(C(=O)N2CCCC2c2ccccc2)c1. The molecule has 1 unspecified atom stereocenters. The number of rotatable bonds is 4. The molecule has 0 spiro atoms. The molecular formula is C19H22N2O3S. The predicted molar refractivity (Wildman–Crippen MR) is 96.8 cm³/mol. The van der Waals surface area contributed by atoms with Crippen LogP contribution >= 0.6 is 0 Å². The number of sulfonamides is 1. The highest BCUT2D eigenvalue weighted by atomic mass is 32.2. The Morgan fingerprint density at radius 2 is 1.80 bits per heavy atom. The van der Waals surface area contributed by atoms with E-state index in [1.807, 2.05) is 35.2 Å². The normalized spacial score (nSPS) is 17.9. The molecule has 132 valence electrons. The number of amides is 1. The summed E-state index contributed by atoms with van der Waals surface area (Å²) in [6.07, 6.45) is 1.87. The molecule has 2 aromatic carbocycles. The van der Waals surface area contributed by atoms with E-state index in [4.69, 9.17) is 0 Å². The minimum atomic E-state index is -3.56. The molecule has 2 aromatic rings. The zero-order valence-electron chi connectivity index (χ0n) is 14.4. The van der Waals surface area contributed by atoms with Crippen LogP contribution in [0.2, 0.25) is 0 Å². The van der Waals surface area contributed by atoms with Crippen LogP contribution in [0.4, 0.5) is 0 Å². The van der Waals surface area contributed by atoms with Crippen LogP contribution in [0.1, 0.15) is 34.8 Å². The third kappa shape index (κ3) is 3.45. The number of likely N-dealkylation sites (tertiary alicyclic amines) is 1. The van der Waals surface area contributed by atoms with E-state index >= 15 is 0 Å². The van der Waals surface area contributed by atoms with Crippen LogP contribution in [0.3, 0.4) is 0 Å². The van der Waals surface area contributed by atoms with Crippen LogP contribution in [-0.2, 0) is 10.0 Å². The van der Waals surface area contributed by atoms with Crippen molar-refractivity contribution in [3.8, 4) is 0 Å². The Morgan fingerprint density at radius 1 is 1.08 bits per heavy atom. The fraction of sp³-hybridized carbons (Fsp3) is 0.316. The zero-order chi connectivity index (χ0) is 18.0. The van der Waals surface area contributed by atoms with Gasteiger partial charge in [0.1, 0.15) is 0 Å². The molecule has 5 nitrogen and oxygen atoms in total. The monoisotopic (exact) mass is 358 g/mol. The van der Waals surface area contributed by atoms with Crippen molar-refractivity contribution in [3.63, 3.8) is 0 Å². The smallest absolute Gasteiger partial charge is 0.254 e. The molecule has 1 saturated heterocycles. The minimum absolute atomic E-state index is 0.0443. The second-order valence-electron chi connectivity index (χ2n) is 6.38. The molecular weight excluding hydrogens is 336 g/mol. The number of hydrogen-bond donors (Lipinski definition) is 0. The van der Waals surface area contributed by atoms with Gasteiger partial charge in [0, 0.05) is 26.2 Å². The van der Waals surface area contributed by atoms with Gasteiger partial charge in [-0.2, -0.15) is 0 Å². The van der Waals surface area contributed by atoms with Gasteiger partial charge >= 0.3 is 0 Å². The second kappa shape index (κ2) is 6.98. The van der Waals surface area contributed by atoms with E-state index in [2.05, 4.69) is 0 Å². The Bertz CT molecular complexity index is 863. The van der Waals surface area contributed by atoms with Crippen LogP contribution in [0.5, 0.6) is 0 Å². The first-order valence-corrected chi connectivity index (χ1v) is 9.74. The van der Waals surface area contributed by atoms with Gasteiger partial charge in [0.2, 0.25) is 10.0 Å². The number of nitrogens with zero attached hydrogens (tertiary/aromatic N) is 2. The highest BCUT2D eigenvalue weighted by molar-refractivity contribution is 7.89. The number of carbonyl (C=O) groups is 1. The molecule has 0 N–H and O–H groups in total. The molecule has 1 atom stereocenters. The molecule has 6 heteroatoms. The van der Waals surface area contributed by atoms with Gasteiger partial charge in [-0.25, -0.2) is 12.7 Å². The van der Waals surface area contributed by atoms with Crippen molar-refractivity contribution in [2.45, 2.75) is 23.8 Å². The lowest BCUT2D eigenvalue weighted by molar-refractivity contribution is 0.0735. The lowest BCUT2D eigenvalue weighted by Crippen LogP contribution is -2.31. The predicted octanol–water partition coefficient (Wildman–Crippen LogP) is 2.91. The van der Waals surface area contributed by atoms with Crippen LogP contribution in [0.25, 0.3) is 0 Å². The topological polar surface area (TPSA) is 57.7 Å². The molecule has 0 aliphatic carbocycles. The molecule has 1 aliphatic rings. The summed E-state index contributed by atoms with van der Waals surface area (Å²) in [6.45, 7) is 0.684. The number of hydrogen-bond acceptors (Lipinski definition) is 3. The minimum Gasteiger partial charge on any atom is -0.332 e. The Morgan fingerprint density at radius 3 is 2.48 bits per heavy atom. The summed E-state index contributed by atoms with van der Waals surface area (Å²) in [7, 11) is -0.596. The molecule has 0 bridgehead atoms. The summed E-state index contributed by atoms with van der Waals surface area (Å²) in [6, 6.07) is 16.3. The third-order valence-electron chi connectivity index (χ3n) is 4.56. The first-order chi connectivity index (χ1) is 11.9. The molecule has 1 heterocycles. The maximum atomic E-state index is 13.0. The molecule has 0 radical (unpaired) electrons. The Labute approximate surface area is 148 Å².